The van der Waals surface area contributed by atoms with E-state index in [0.717, 1.165) is 20.9 Å². The summed E-state index contributed by atoms with van der Waals surface area (Å²) in [5.74, 6) is 0.917. The number of nitrogens with one attached hydrogen (secondary N) is 3. The van der Waals surface area contributed by atoms with E-state index in [1.807, 2.05) is 0 Å². The van der Waals surface area contributed by atoms with Gasteiger partial charge in [0.2, 0.25) is 5.91 Å². The highest BCUT2D eigenvalue weighted by molar-refractivity contribution is 7.18. The van der Waals surface area contributed by atoms with Gasteiger partial charge in [-0.15, -0.1) is 36.2 Å². The number of aromatic nitrogens is 2. The maximum absolute atomic E-state index is 11.8. The van der Waals surface area contributed by atoms with E-state index in [1.165, 1.54) is 44.9 Å². The Hall–Kier alpha value is -1.19. The van der Waals surface area contributed by atoms with Crippen LogP contribution >= 0.6 is 36.2 Å². The molecule has 3 rings (SSSR count). The van der Waals surface area contributed by atoms with E-state index in [-0.39, 0.29) is 37.3 Å². The zero-order valence-corrected chi connectivity index (χ0v) is 19.9. The first-order chi connectivity index (χ1) is 13.8. The van der Waals surface area contributed by atoms with Gasteiger partial charge in [0.15, 0.2) is 0 Å². The number of hydrogen-bond donors (Lipinski definition) is 3. The number of hydrogen-bond acceptors (Lipinski definition) is 7. The maximum atomic E-state index is 11.8. The van der Waals surface area contributed by atoms with Gasteiger partial charge in [0.1, 0.15) is 17.0 Å². The van der Waals surface area contributed by atoms with Crippen molar-refractivity contribution in [2.75, 3.05) is 32.1 Å². The zero-order chi connectivity index (χ0) is 19.6. The number of ether oxygens (including phenoxy) is 1. The van der Waals surface area contributed by atoms with Crippen molar-refractivity contribution in [1.82, 2.24) is 20.6 Å². The fourth-order valence-corrected chi connectivity index (χ4v) is 4.52. The van der Waals surface area contributed by atoms with E-state index < -0.39 is 0 Å². The van der Waals surface area contributed by atoms with Crippen LogP contribution in [0.15, 0.2) is 12.4 Å². The summed E-state index contributed by atoms with van der Waals surface area (Å²) in [4.78, 5) is 22.8. The molecule has 2 aromatic rings. The smallest absolute Gasteiger partial charge is 0.234 e. The average Bonchev–Trinajstić information content (AvgIpc) is 3.08. The van der Waals surface area contributed by atoms with Crippen LogP contribution in [0.2, 0.25) is 0 Å². The molecule has 1 aliphatic rings. The Kier molecular flexibility index (Phi) is 13.2. The summed E-state index contributed by atoms with van der Waals surface area (Å²) < 4.78 is 4.93. The van der Waals surface area contributed by atoms with Gasteiger partial charge in [-0.25, -0.2) is 9.97 Å². The molecule has 0 unspecified atom stereocenters. The molecule has 0 bridgehead atoms. The van der Waals surface area contributed by atoms with Crippen molar-refractivity contribution >= 4 is 58.1 Å². The van der Waals surface area contributed by atoms with Gasteiger partial charge < -0.3 is 20.7 Å². The Morgan fingerprint density at radius 3 is 2.63 bits per heavy atom. The molecule has 3 N–H and O–H groups in total. The van der Waals surface area contributed by atoms with Crippen molar-refractivity contribution in [2.24, 2.45) is 0 Å². The van der Waals surface area contributed by atoms with Gasteiger partial charge in [-0.3, -0.25) is 4.79 Å². The van der Waals surface area contributed by atoms with Gasteiger partial charge in [-0.05, 0) is 18.9 Å². The third-order valence-electron chi connectivity index (χ3n) is 5.04. The van der Waals surface area contributed by atoms with Gasteiger partial charge in [0.25, 0.3) is 0 Å². The molecule has 30 heavy (non-hydrogen) atoms. The standard InChI is InChI=1S/C20H31N5O2S.2ClH/c1-27-10-9-22-18(26)13-21-12-16-11-17-19(23-14-24-20(17)28-16)25-15-7-5-3-2-4-6-8-15;;/h11,14-15,21H,2-10,12-13H2,1H3,(H,22,26)(H,23,24,25);2*1H. The summed E-state index contributed by atoms with van der Waals surface area (Å²) in [6.45, 7) is 1.99. The molecule has 0 spiro atoms. The molecule has 2 aromatic heterocycles. The summed E-state index contributed by atoms with van der Waals surface area (Å²) in [6, 6.07) is 2.64. The van der Waals surface area contributed by atoms with E-state index in [0.29, 0.717) is 25.7 Å². The summed E-state index contributed by atoms with van der Waals surface area (Å²) in [6.07, 6.45) is 10.7. The highest BCUT2D eigenvalue weighted by Crippen LogP contribution is 2.29. The third kappa shape index (κ3) is 8.51. The van der Waals surface area contributed by atoms with Crippen molar-refractivity contribution in [3.8, 4) is 0 Å². The first-order valence-electron chi connectivity index (χ1n) is 10.2. The molecule has 0 radical (unpaired) electrons. The number of halogens is 2. The van der Waals surface area contributed by atoms with Gasteiger partial charge in [0, 0.05) is 31.1 Å². The predicted molar refractivity (Wildman–Crippen MR) is 128 cm³/mol. The lowest BCUT2D eigenvalue weighted by molar-refractivity contribution is -0.120. The molecule has 1 aliphatic carbocycles. The minimum Gasteiger partial charge on any atom is -0.383 e. The fourth-order valence-electron chi connectivity index (χ4n) is 3.56. The molecule has 1 fully saturated rings. The fraction of sp³-hybridized carbons (Fsp3) is 0.650. The Balaban J connectivity index is 0.00000225. The van der Waals surface area contributed by atoms with Gasteiger partial charge >= 0.3 is 0 Å². The quantitative estimate of drug-likeness (QED) is 0.474. The first kappa shape index (κ1) is 26.8. The molecule has 7 nitrogen and oxygen atoms in total. The topological polar surface area (TPSA) is 88.2 Å². The zero-order valence-electron chi connectivity index (χ0n) is 17.4. The second-order valence-corrected chi connectivity index (χ2v) is 8.40. The minimum atomic E-state index is -0.0235. The Morgan fingerprint density at radius 1 is 1.17 bits per heavy atom. The van der Waals surface area contributed by atoms with Gasteiger partial charge in [-0.2, -0.15) is 0 Å². The highest BCUT2D eigenvalue weighted by Gasteiger charge is 2.15. The Bertz CT molecular complexity index is 754. The molecule has 0 aromatic carbocycles. The van der Waals surface area contributed by atoms with Crippen LogP contribution in [-0.4, -0.2) is 48.7 Å². The Labute approximate surface area is 195 Å². The molecule has 1 saturated carbocycles. The summed E-state index contributed by atoms with van der Waals surface area (Å²) in [5, 5.41) is 10.7. The lowest BCUT2D eigenvalue weighted by Crippen LogP contribution is -2.35. The highest BCUT2D eigenvalue weighted by atomic mass is 35.5. The van der Waals surface area contributed by atoms with Crippen LogP contribution in [-0.2, 0) is 16.1 Å². The average molecular weight is 478 g/mol. The number of nitrogens with zero attached hydrogens (tertiary/aromatic N) is 2. The van der Waals surface area contributed by atoms with Gasteiger partial charge in [-0.1, -0.05) is 32.1 Å². The van der Waals surface area contributed by atoms with E-state index in [2.05, 4.69) is 32.0 Å². The molecule has 2 heterocycles. The number of methoxy groups -OCH3 is 1. The van der Waals surface area contributed by atoms with Crippen molar-refractivity contribution < 1.29 is 9.53 Å². The number of thiophene rings is 1. The second kappa shape index (κ2) is 14.8. The molecular formula is C20H33Cl2N5O2S. The SMILES string of the molecule is COCCNC(=O)CNCc1cc2c(NC3CCCCCCC3)ncnc2s1.Cl.Cl. The molecule has 10 heteroatoms. The van der Waals surface area contributed by atoms with Gasteiger partial charge in [0.05, 0.1) is 18.5 Å². The summed E-state index contributed by atoms with van der Waals surface area (Å²) in [7, 11) is 1.62. The van der Waals surface area contributed by atoms with Crippen LogP contribution in [0.4, 0.5) is 5.82 Å². The number of anilines is 1. The van der Waals surface area contributed by atoms with Crippen LogP contribution in [0.3, 0.4) is 0 Å². The lowest BCUT2D eigenvalue weighted by atomic mass is 9.97. The molecule has 0 atom stereocenters. The largest absolute Gasteiger partial charge is 0.383 e. The summed E-state index contributed by atoms with van der Waals surface area (Å²) >= 11 is 1.65. The molecular weight excluding hydrogens is 445 g/mol. The third-order valence-corrected chi connectivity index (χ3v) is 6.08. The molecule has 1 amide bonds. The van der Waals surface area contributed by atoms with Crippen LogP contribution in [0, 0.1) is 0 Å². The molecule has 0 saturated heterocycles. The number of fused-ring (bicyclic) bond motifs is 1. The van der Waals surface area contributed by atoms with Crippen molar-refractivity contribution in [2.45, 2.75) is 57.5 Å². The van der Waals surface area contributed by atoms with E-state index in [4.69, 9.17) is 4.74 Å². The van der Waals surface area contributed by atoms with Crippen molar-refractivity contribution in [3.63, 3.8) is 0 Å². The monoisotopic (exact) mass is 477 g/mol. The first-order valence-corrected chi connectivity index (χ1v) is 11.0. The van der Waals surface area contributed by atoms with Crippen molar-refractivity contribution in [1.29, 1.82) is 0 Å². The summed E-state index contributed by atoms with van der Waals surface area (Å²) in [5.41, 5.74) is 0. The van der Waals surface area contributed by atoms with E-state index in [9.17, 15) is 4.79 Å². The predicted octanol–water partition coefficient (Wildman–Crippen LogP) is 3.91. The van der Waals surface area contributed by atoms with Crippen LogP contribution in [0.25, 0.3) is 10.2 Å². The van der Waals surface area contributed by atoms with E-state index >= 15 is 0 Å². The Morgan fingerprint density at radius 2 is 1.90 bits per heavy atom. The van der Waals surface area contributed by atoms with E-state index in [1.54, 1.807) is 24.8 Å². The number of carbonyl (C=O) groups excluding carboxylic acids is 1. The van der Waals surface area contributed by atoms with Crippen LogP contribution < -0.4 is 16.0 Å². The van der Waals surface area contributed by atoms with Crippen LogP contribution in [0.1, 0.15) is 49.8 Å². The number of rotatable bonds is 9. The van der Waals surface area contributed by atoms with Crippen LogP contribution in [0.5, 0.6) is 0 Å². The number of amides is 1. The maximum Gasteiger partial charge on any atom is 0.234 e. The second-order valence-electron chi connectivity index (χ2n) is 7.29. The number of carbonyl (C=O) groups is 1. The molecule has 170 valence electrons. The van der Waals surface area contributed by atoms with Crippen molar-refractivity contribution in [3.05, 3.63) is 17.3 Å². The minimum absolute atomic E-state index is 0. The lowest BCUT2D eigenvalue weighted by Gasteiger charge is -2.21. The normalized spacial score (nSPS) is 14.8. The molecule has 0 aliphatic heterocycles.